The predicted molar refractivity (Wildman–Crippen MR) is 101 cm³/mol. The summed E-state index contributed by atoms with van der Waals surface area (Å²) in [6, 6.07) is 11.0. The number of benzene rings is 1. The Morgan fingerprint density at radius 3 is 2.62 bits per heavy atom. The molecule has 2 aliphatic heterocycles. The number of hydrogen-bond acceptors (Lipinski definition) is 4. The van der Waals surface area contributed by atoms with Crippen molar-refractivity contribution >= 4 is 17.7 Å². The van der Waals surface area contributed by atoms with Gasteiger partial charge in [0.25, 0.3) is 0 Å². The van der Waals surface area contributed by atoms with E-state index < -0.39 is 0 Å². The lowest BCUT2D eigenvalue weighted by atomic mass is 10.1. The standard InChI is InChI=1S/C19H29N3OS/c1-2-21-10-8-17(9-11-21)20-19(23)15-22-12-13-24-18(14-22)16-6-4-3-5-7-16/h3-7,17-18H,2,8-15H2,1H3,(H,20,23)/t18-/m0/s1. The van der Waals surface area contributed by atoms with Gasteiger partial charge < -0.3 is 10.2 Å². The number of carbonyl (C=O) groups excluding carboxylic acids is 1. The maximum atomic E-state index is 12.4. The molecule has 2 aliphatic rings. The third kappa shape index (κ3) is 4.98. The molecule has 2 heterocycles. The van der Waals surface area contributed by atoms with Crippen molar-refractivity contribution in [1.82, 2.24) is 15.1 Å². The number of rotatable bonds is 5. The van der Waals surface area contributed by atoms with E-state index in [1.54, 1.807) is 0 Å². The third-order valence-electron chi connectivity index (χ3n) is 5.09. The van der Waals surface area contributed by atoms with Gasteiger partial charge in [-0.15, -0.1) is 0 Å². The molecule has 1 aromatic rings. The SMILES string of the molecule is CCN1CCC(NC(=O)CN2CCS[C@H](c3ccccc3)C2)CC1. The van der Waals surface area contributed by atoms with Crippen LogP contribution in [0.25, 0.3) is 0 Å². The Balaban J connectivity index is 1.44. The molecule has 0 spiro atoms. The fourth-order valence-electron chi connectivity index (χ4n) is 3.59. The highest BCUT2D eigenvalue weighted by molar-refractivity contribution is 7.99. The van der Waals surface area contributed by atoms with Gasteiger partial charge in [0.15, 0.2) is 0 Å². The van der Waals surface area contributed by atoms with Crippen LogP contribution in [0.5, 0.6) is 0 Å². The molecule has 0 radical (unpaired) electrons. The first-order valence-corrected chi connectivity index (χ1v) is 10.2. The third-order valence-corrected chi connectivity index (χ3v) is 6.33. The quantitative estimate of drug-likeness (QED) is 0.887. The predicted octanol–water partition coefficient (Wildman–Crippen LogP) is 2.38. The molecule has 1 aromatic carbocycles. The summed E-state index contributed by atoms with van der Waals surface area (Å²) in [6.07, 6.45) is 2.17. The number of carbonyl (C=O) groups is 1. The molecule has 5 heteroatoms. The van der Waals surface area contributed by atoms with Gasteiger partial charge in [0.2, 0.25) is 5.91 Å². The number of nitrogens with zero attached hydrogens (tertiary/aromatic N) is 2. The van der Waals surface area contributed by atoms with Crippen LogP contribution in [0, 0.1) is 0 Å². The van der Waals surface area contributed by atoms with Gasteiger partial charge in [0.05, 0.1) is 6.54 Å². The fraction of sp³-hybridized carbons (Fsp3) is 0.632. The first-order chi connectivity index (χ1) is 11.7. The fourth-order valence-corrected chi connectivity index (χ4v) is 4.90. The summed E-state index contributed by atoms with van der Waals surface area (Å²) in [5, 5.41) is 3.74. The summed E-state index contributed by atoms with van der Waals surface area (Å²) in [5.74, 6) is 1.30. The average Bonchev–Trinajstić information content (AvgIpc) is 2.63. The van der Waals surface area contributed by atoms with Crippen LogP contribution in [-0.2, 0) is 4.79 Å². The zero-order valence-corrected chi connectivity index (χ0v) is 15.4. The van der Waals surface area contributed by atoms with E-state index in [0.29, 0.717) is 17.8 Å². The Labute approximate surface area is 150 Å². The minimum Gasteiger partial charge on any atom is -0.352 e. The Morgan fingerprint density at radius 2 is 1.92 bits per heavy atom. The van der Waals surface area contributed by atoms with Crippen molar-refractivity contribution in [2.24, 2.45) is 0 Å². The van der Waals surface area contributed by atoms with Crippen molar-refractivity contribution in [2.75, 3.05) is 45.0 Å². The number of likely N-dealkylation sites (tertiary alicyclic amines) is 1. The van der Waals surface area contributed by atoms with Gasteiger partial charge in [-0.05, 0) is 24.9 Å². The Hall–Kier alpha value is -1.04. The van der Waals surface area contributed by atoms with Crippen molar-refractivity contribution < 1.29 is 4.79 Å². The first-order valence-electron chi connectivity index (χ1n) is 9.15. The van der Waals surface area contributed by atoms with Crippen LogP contribution in [-0.4, -0.2) is 66.8 Å². The second kappa shape index (κ2) is 8.88. The molecule has 0 aliphatic carbocycles. The second-order valence-electron chi connectivity index (χ2n) is 6.78. The van der Waals surface area contributed by atoms with E-state index in [2.05, 4.69) is 52.4 Å². The molecule has 2 fully saturated rings. The van der Waals surface area contributed by atoms with Gasteiger partial charge in [-0.25, -0.2) is 0 Å². The average molecular weight is 348 g/mol. The van der Waals surface area contributed by atoms with Crippen LogP contribution in [0.3, 0.4) is 0 Å². The lowest BCUT2D eigenvalue weighted by molar-refractivity contribution is -0.123. The van der Waals surface area contributed by atoms with E-state index in [-0.39, 0.29) is 5.91 Å². The van der Waals surface area contributed by atoms with E-state index in [1.165, 1.54) is 5.56 Å². The Kier molecular flexibility index (Phi) is 6.58. The normalized spacial score (nSPS) is 24.0. The smallest absolute Gasteiger partial charge is 0.234 e. The molecule has 0 unspecified atom stereocenters. The number of thioether (sulfide) groups is 1. The topological polar surface area (TPSA) is 35.6 Å². The van der Waals surface area contributed by atoms with Crippen LogP contribution in [0.15, 0.2) is 30.3 Å². The largest absolute Gasteiger partial charge is 0.352 e. The monoisotopic (exact) mass is 347 g/mol. The minimum atomic E-state index is 0.198. The van der Waals surface area contributed by atoms with Crippen molar-refractivity contribution in [3.63, 3.8) is 0 Å². The summed E-state index contributed by atoms with van der Waals surface area (Å²) in [4.78, 5) is 17.2. The summed E-state index contributed by atoms with van der Waals surface area (Å²) >= 11 is 2.01. The Bertz CT molecular complexity index is 517. The van der Waals surface area contributed by atoms with Crippen molar-refractivity contribution in [3.05, 3.63) is 35.9 Å². The van der Waals surface area contributed by atoms with Gasteiger partial charge in [-0.3, -0.25) is 9.69 Å². The summed E-state index contributed by atoms with van der Waals surface area (Å²) in [6.45, 7) is 8.06. The number of nitrogens with one attached hydrogen (secondary N) is 1. The molecular formula is C19H29N3OS. The zero-order valence-electron chi connectivity index (χ0n) is 14.6. The van der Waals surface area contributed by atoms with E-state index in [1.807, 2.05) is 11.8 Å². The lowest BCUT2D eigenvalue weighted by Gasteiger charge is -2.34. The van der Waals surface area contributed by atoms with Crippen LogP contribution >= 0.6 is 11.8 Å². The highest BCUT2D eigenvalue weighted by atomic mass is 32.2. The first kappa shape index (κ1) is 17.8. The molecule has 1 N–H and O–H groups in total. The number of hydrogen-bond donors (Lipinski definition) is 1. The van der Waals surface area contributed by atoms with E-state index in [9.17, 15) is 4.79 Å². The second-order valence-corrected chi connectivity index (χ2v) is 8.09. The minimum absolute atomic E-state index is 0.198. The molecule has 1 atom stereocenters. The van der Waals surface area contributed by atoms with Crippen molar-refractivity contribution in [2.45, 2.75) is 31.1 Å². The number of piperidine rings is 1. The van der Waals surface area contributed by atoms with Crippen LogP contribution < -0.4 is 5.32 Å². The molecule has 4 nitrogen and oxygen atoms in total. The van der Waals surface area contributed by atoms with Gasteiger partial charge in [-0.2, -0.15) is 11.8 Å². The van der Waals surface area contributed by atoms with Gasteiger partial charge >= 0.3 is 0 Å². The van der Waals surface area contributed by atoms with Crippen molar-refractivity contribution in [3.8, 4) is 0 Å². The molecule has 0 aromatic heterocycles. The van der Waals surface area contributed by atoms with Crippen LogP contribution in [0.1, 0.15) is 30.6 Å². The molecule has 132 valence electrons. The highest BCUT2D eigenvalue weighted by Crippen LogP contribution is 2.32. The maximum absolute atomic E-state index is 12.4. The zero-order chi connectivity index (χ0) is 16.8. The molecule has 3 rings (SSSR count). The molecule has 0 saturated carbocycles. The molecule has 24 heavy (non-hydrogen) atoms. The summed E-state index contributed by atoms with van der Waals surface area (Å²) in [5.41, 5.74) is 1.37. The Morgan fingerprint density at radius 1 is 1.17 bits per heavy atom. The van der Waals surface area contributed by atoms with Crippen LogP contribution in [0.2, 0.25) is 0 Å². The van der Waals surface area contributed by atoms with Crippen LogP contribution in [0.4, 0.5) is 0 Å². The molecular weight excluding hydrogens is 318 g/mol. The van der Waals surface area contributed by atoms with Gasteiger partial charge in [-0.1, -0.05) is 37.3 Å². The van der Waals surface area contributed by atoms with E-state index in [4.69, 9.17) is 0 Å². The van der Waals surface area contributed by atoms with Gasteiger partial charge in [0, 0.05) is 43.2 Å². The summed E-state index contributed by atoms with van der Waals surface area (Å²) in [7, 11) is 0. The molecule has 0 bridgehead atoms. The molecule has 2 saturated heterocycles. The lowest BCUT2D eigenvalue weighted by Crippen LogP contribution is -2.48. The maximum Gasteiger partial charge on any atom is 0.234 e. The number of amides is 1. The van der Waals surface area contributed by atoms with E-state index in [0.717, 1.165) is 51.3 Å². The highest BCUT2D eigenvalue weighted by Gasteiger charge is 2.25. The van der Waals surface area contributed by atoms with Gasteiger partial charge in [0.1, 0.15) is 0 Å². The van der Waals surface area contributed by atoms with Crippen molar-refractivity contribution in [1.29, 1.82) is 0 Å². The van der Waals surface area contributed by atoms with E-state index >= 15 is 0 Å². The summed E-state index contributed by atoms with van der Waals surface area (Å²) < 4.78 is 0. The molecule has 1 amide bonds.